The second-order valence-corrected chi connectivity index (χ2v) is 6.24. The SMILES string of the molecule is Cc1cc(F)cc(C(=O)C[C@@H]2CCCN(C(C)C)C2)c1. The molecule has 0 amide bonds. The Morgan fingerprint density at radius 3 is 2.80 bits per heavy atom. The third-order valence-corrected chi connectivity index (χ3v) is 4.12. The van der Waals surface area contributed by atoms with E-state index in [2.05, 4.69) is 18.7 Å². The monoisotopic (exact) mass is 277 g/mol. The molecule has 20 heavy (non-hydrogen) atoms. The number of hydrogen-bond acceptors (Lipinski definition) is 2. The van der Waals surface area contributed by atoms with Gasteiger partial charge >= 0.3 is 0 Å². The van der Waals surface area contributed by atoms with E-state index in [0.717, 1.165) is 31.5 Å². The predicted molar refractivity (Wildman–Crippen MR) is 79.5 cm³/mol. The molecule has 0 saturated carbocycles. The average molecular weight is 277 g/mol. The van der Waals surface area contributed by atoms with Crippen LogP contribution in [-0.2, 0) is 0 Å². The Kier molecular flexibility index (Phi) is 4.92. The molecule has 1 saturated heterocycles. The highest BCUT2D eigenvalue weighted by molar-refractivity contribution is 5.96. The third kappa shape index (κ3) is 3.89. The Morgan fingerprint density at radius 1 is 1.40 bits per heavy atom. The van der Waals surface area contributed by atoms with Crippen LogP contribution in [0.2, 0.25) is 0 Å². The molecule has 0 bridgehead atoms. The number of benzene rings is 1. The molecule has 0 N–H and O–H groups in total. The van der Waals surface area contributed by atoms with Crippen molar-refractivity contribution in [2.45, 2.75) is 46.1 Å². The molecule has 3 heteroatoms. The number of likely N-dealkylation sites (tertiary alicyclic amines) is 1. The van der Waals surface area contributed by atoms with E-state index in [9.17, 15) is 9.18 Å². The van der Waals surface area contributed by atoms with Gasteiger partial charge in [0.05, 0.1) is 0 Å². The minimum absolute atomic E-state index is 0.0724. The van der Waals surface area contributed by atoms with Gasteiger partial charge in [-0.1, -0.05) is 0 Å². The number of halogens is 1. The Bertz CT molecular complexity index is 464. The molecule has 0 aromatic heterocycles. The first-order chi connectivity index (χ1) is 9.45. The van der Waals surface area contributed by atoms with Crippen molar-refractivity contribution in [3.05, 3.63) is 35.1 Å². The van der Waals surface area contributed by atoms with Gasteiger partial charge in [-0.2, -0.15) is 0 Å². The molecule has 0 spiro atoms. The fraction of sp³-hybridized carbons (Fsp3) is 0.588. The molecule has 1 aromatic carbocycles. The molecular formula is C17H24FNO. The minimum atomic E-state index is -0.319. The second kappa shape index (κ2) is 6.49. The lowest BCUT2D eigenvalue weighted by atomic mass is 9.90. The molecule has 1 aliphatic heterocycles. The van der Waals surface area contributed by atoms with E-state index >= 15 is 0 Å². The van der Waals surface area contributed by atoms with E-state index in [-0.39, 0.29) is 11.6 Å². The molecule has 1 aliphatic rings. The smallest absolute Gasteiger partial charge is 0.163 e. The number of rotatable bonds is 4. The zero-order valence-corrected chi connectivity index (χ0v) is 12.7. The molecular weight excluding hydrogens is 253 g/mol. The molecule has 2 rings (SSSR count). The van der Waals surface area contributed by atoms with Crippen molar-refractivity contribution in [2.24, 2.45) is 5.92 Å². The van der Waals surface area contributed by atoms with Crippen molar-refractivity contribution >= 4 is 5.78 Å². The van der Waals surface area contributed by atoms with Crippen LogP contribution in [0.15, 0.2) is 18.2 Å². The minimum Gasteiger partial charge on any atom is -0.301 e. The summed E-state index contributed by atoms with van der Waals surface area (Å²) in [6.45, 7) is 8.32. The van der Waals surface area contributed by atoms with Crippen molar-refractivity contribution in [1.82, 2.24) is 4.90 Å². The summed E-state index contributed by atoms with van der Waals surface area (Å²) >= 11 is 0. The van der Waals surface area contributed by atoms with Crippen LogP contribution in [-0.4, -0.2) is 29.8 Å². The highest BCUT2D eigenvalue weighted by atomic mass is 19.1. The van der Waals surface area contributed by atoms with Crippen LogP contribution in [0, 0.1) is 18.7 Å². The summed E-state index contributed by atoms with van der Waals surface area (Å²) in [5.74, 6) is 0.159. The van der Waals surface area contributed by atoms with Crippen molar-refractivity contribution in [1.29, 1.82) is 0 Å². The van der Waals surface area contributed by atoms with Gasteiger partial charge in [-0.3, -0.25) is 4.79 Å². The van der Waals surface area contributed by atoms with Crippen molar-refractivity contribution in [2.75, 3.05) is 13.1 Å². The number of carbonyl (C=O) groups is 1. The molecule has 110 valence electrons. The lowest BCUT2D eigenvalue weighted by Crippen LogP contribution is -2.40. The fourth-order valence-electron chi connectivity index (χ4n) is 3.01. The normalized spacial score (nSPS) is 20.4. The topological polar surface area (TPSA) is 20.3 Å². The van der Waals surface area contributed by atoms with Crippen LogP contribution in [0.1, 0.15) is 49.0 Å². The van der Waals surface area contributed by atoms with E-state index in [1.807, 2.05) is 6.92 Å². The summed E-state index contributed by atoms with van der Waals surface area (Å²) in [4.78, 5) is 14.7. The lowest BCUT2D eigenvalue weighted by Gasteiger charge is -2.35. The highest BCUT2D eigenvalue weighted by Crippen LogP contribution is 2.23. The molecule has 1 atom stereocenters. The van der Waals surface area contributed by atoms with E-state index in [4.69, 9.17) is 0 Å². The molecule has 2 nitrogen and oxygen atoms in total. The maximum atomic E-state index is 13.4. The Morgan fingerprint density at radius 2 is 2.15 bits per heavy atom. The van der Waals surface area contributed by atoms with Gasteiger partial charge in [-0.05, 0) is 69.8 Å². The zero-order chi connectivity index (χ0) is 14.7. The van der Waals surface area contributed by atoms with Crippen molar-refractivity contribution in [3.63, 3.8) is 0 Å². The molecule has 1 heterocycles. The second-order valence-electron chi connectivity index (χ2n) is 6.24. The van der Waals surface area contributed by atoms with Gasteiger partial charge < -0.3 is 4.90 Å². The number of ketones is 1. The predicted octanol–water partition coefficient (Wildman–Crippen LogP) is 3.83. The van der Waals surface area contributed by atoms with Crippen molar-refractivity contribution in [3.8, 4) is 0 Å². The van der Waals surface area contributed by atoms with Gasteiger partial charge in [0.2, 0.25) is 0 Å². The van der Waals surface area contributed by atoms with E-state index < -0.39 is 0 Å². The molecule has 0 aliphatic carbocycles. The molecule has 0 radical (unpaired) electrons. The number of piperidine rings is 1. The van der Waals surface area contributed by atoms with Crippen LogP contribution in [0.5, 0.6) is 0 Å². The fourth-order valence-corrected chi connectivity index (χ4v) is 3.01. The summed E-state index contributed by atoms with van der Waals surface area (Å²) < 4.78 is 13.4. The van der Waals surface area contributed by atoms with Gasteiger partial charge in [-0.15, -0.1) is 0 Å². The summed E-state index contributed by atoms with van der Waals surface area (Å²) in [6, 6.07) is 5.13. The maximum absolute atomic E-state index is 13.4. The summed E-state index contributed by atoms with van der Waals surface area (Å²) in [5.41, 5.74) is 1.32. The maximum Gasteiger partial charge on any atom is 0.163 e. The zero-order valence-electron chi connectivity index (χ0n) is 12.7. The van der Waals surface area contributed by atoms with Gasteiger partial charge in [0.1, 0.15) is 5.82 Å². The average Bonchev–Trinajstić information content (AvgIpc) is 2.37. The number of aryl methyl sites for hydroxylation is 1. The summed E-state index contributed by atoms with van der Waals surface area (Å²) in [5, 5.41) is 0. The Hall–Kier alpha value is -1.22. The highest BCUT2D eigenvalue weighted by Gasteiger charge is 2.24. The van der Waals surface area contributed by atoms with Crippen LogP contribution < -0.4 is 0 Å². The van der Waals surface area contributed by atoms with Crippen LogP contribution in [0.25, 0.3) is 0 Å². The number of hydrogen-bond donors (Lipinski definition) is 0. The number of Topliss-reactive ketones (excluding diaryl/α,β-unsaturated/α-hetero) is 1. The summed E-state index contributed by atoms with van der Waals surface area (Å²) in [7, 11) is 0. The largest absolute Gasteiger partial charge is 0.301 e. The number of carbonyl (C=O) groups excluding carboxylic acids is 1. The number of nitrogens with zero attached hydrogens (tertiary/aromatic N) is 1. The molecule has 1 aromatic rings. The molecule has 0 unspecified atom stereocenters. The first-order valence-electron chi connectivity index (χ1n) is 7.50. The van der Waals surface area contributed by atoms with E-state index in [0.29, 0.717) is 23.9 Å². The Balaban J connectivity index is 2.00. The van der Waals surface area contributed by atoms with E-state index in [1.54, 1.807) is 6.07 Å². The first kappa shape index (κ1) is 15.2. The van der Waals surface area contributed by atoms with Gasteiger partial charge in [-0.25, -0.2) is 4.39 Å². The van der Waals surface area contributed by atoms with Gasteiger partial charge in [0.15, 0.2) is 5.78 Å². The molecule has 1 fully saturated rings. The van der Waals surface area contributed by atoms with Crippen LogP contribution in [0.3, 0.4) is 0 Å². The quantitative estimate of drug-likeness (QED) is 0.780. The van der Waals surface area contributed by atoms with Crippen LogP contribution in [0.4, 0.5) is 4.39 Å². The van der Waals surface area contributed by atoms with Crippen molar-refractivity contribution < 1.29 is 9.18 Å². The van der Waals surface area contributed by atoms with E-state index in [1.165, 1.54) is 12.1 Å². The van der Waals surface area contributed by atoms with Gasteiger partial charge in [0.25, 0.3) is 0 Å². The third-order valence-electron chi connectivity index (χ3n) is 4.12. The first-order valence-corrected chi connectivity index (χ1v) is 7.50. The van der Waals surface area contributed by atoms with Gasteiger partial charge in [0, 0.05) is 24.6 Å². The lowest BCUT2D eigenvalue weighted by molar-refractivity contribution is 0.0889. The standard InChI is InChI=1S/C17H24FNO/c1-12(2)19-6-4-5-14(11-19)9-17(20)15-7-13(3)8-16(18)10-15/h7-8,10,12,14H,4-6,9,11H2,1-3H3/t14-/m0/s1. The Labute approximate surface area is 121 Å². The van der Waals surface area contributed by atoms with Crippen LogP contribution >= 0.6 is 0 Å². The summed E-state index contributed by atoms with van der Waals surface area (Å²) in [6.07, 6.45) is 2.79.